The third-order valence-electron chi connectivity index (χ3n) is 5.24. The first-order valence-corrected chi connectivity index (χ1v) is 11.6. The highest BCUT2D eigenvalue weighted by molar-refractivity contribution is 7.99. The highest BCUT2D eigenvalue weighted by atomic mass is 32.2. The molecule has 0 spiro atoms. The minimum absolute atomic E-state index is 0.0247. The Morgan fingerprint density at radius 3 is 2.42 bits per heavy atom. The van der Waals surface area contributed by atoms with E-state index in [1.807, 2.05) is 54.6 Å². The maximum atomic E-state index is 13.2. The van der Waals surface area contributed by atoms with Crippen LogP contribution in [0.15, 0.2) is 83.8 Å². The standard InChI is InChI=1S/C26H24N2O4S/c1-2-32-26(31)19-12-14-20(15-13-19)27-24(29)17-28-21-10-6-7-11-22(21)33-23(16-25(28)30)18-8-4-3-5-9-18/h3-15,23H,2,16-17H2,1H3,(H,27,29). The molecule has 1 heterocycles. The van der Waals surface area contributed by atoms with Crippen molar-refractivity contribution in [2.75, 3.05) is 23.4 Å². The van der Waals surface area contributed by atoms with E-state index >= 15 is 0 Å². The van der Waals surface area contributed by atoms with Gasteiger partial charge < -0.3 is 15.0 Å². The fourth-order valence-electron chi connectivity index (χ4n) is 3.65. The monoisotopic (exact) mass is 460 g/mol. The summed E-state index contributed by atoms with van der Waals surface area (Å²) >= 11 is 1.64. The van der Waals surface area contributed by atoms with E-state index in [0.29, 0.717) is 24.3 Å². The van der Waals surface area contributed by atoms with Crippen LogP contribution in [0.5, 0.6) is 0 Å². The number of carbonyl (C=O) groups excluding carboxylic acids is 3. The van der Waals surface area contributed by atoms with Crippen molar-refractivity contribution in [3.8, 4) is 0 Å². The lowest BCUT2D eigenvalue weighted by Crippen LogP contribution is -2.38. The zero-order chi connectivity index (χ0) is 23.2. The maximum absolute atomic E-state index is 13.2. The van der Waals surface area contributed by atoms with Gasteiger partial charge in [-0.15, -0.1) is 11.8 Å². The molecule has 1 N–H and O–H groups in total. The lowest BCUT2D eigenvalue weighted by Gasteiger charge is -2.22. The summed E-state index contributed by atoms with van der Waals surface area (Å²) in [5.41, 5.74) is 2.77. The van der Waals surface area contributed by atoms with Crippen molar-refractivity contribution in [3.05, 3.63) is 90.0 Å². The molecule has 1 atom stereocenters. The molecule has 0 saturated carbocycles. The molecular formula is C26H24N2O4S. The van der Waals surface area contributed by atoms with Gasteiger partial charge in [0.1, 0.15) is 6.54 Å². The van der Waals surface area contributed by atoms with Crippen molar-refractivity contribution in [2.24, 2.45) is 0 Å². The Morgan fingerprint density at radius 2 is 1.70 bits per heavy atom. The van der Waals surface area contributed by atoms with Crippen LogP contribution in [0.2, 0.25) is 0 Å². The van der Waals surface area contributed by atoms with E-state index in [4.69, 9.17) is 4.74 Å². The number of rotatable bonds is 6. The number of ether oxygens (including phenoxy) is 1. The van der Waals surface area contributed by atoms with Gasteiger partial charge >= 0.3 is 5.97 Å². The number of carbonyl (C=O) groups is 3. The Balaban J connectivity index is 1.49. The van der Waals surface area contributed by atoms with E-state index in [9.17, 15) is 14.4 Å². The number of para-hydroxylation sites is 1. The van der Waals surface area contributed by atoms with Gasteiger partial charge in [0, 0.05) is 22.3 Å². The third-order valence-corrected chi connectivity index (χ3v) is 6.56. The normalized spacial score (nSPS) is 15.4. The van der Waals surface area contributed by atoms with Gasteiger partial charge in [-0.1, -0.05) is 42.5 Å². The number of nitrogens with one attached hydrogen (secondary N) is 1. The third kappa shape index (κ3) is 5.43. The number of nitrogens with zero attached hydrogens (tertiary/aromatic N) is 1. The molecule has 0 fully saturated rings. The Kier molecular flexibility index (Phi) is 7.10. The first-order valence-electron chi connectivity index (χ1n) is 10.7. The highest BCUT2D eigenvalue weighted by Gasteiger charge is 2.30. The highest BCUT2D eigenvalue weighted by Crippen LogP contribution is 2.45. The Morgan fingerprint density at radius 1 is 1.00 bits per heavy atom. The number of anilines is 2. The van der Waals surface area contributed by atoms with Crippen LogP contribution in [0.25, 0.3) is 0 Å². The number of esters is 1. The van der Waals surface area contributed by atoms with Gasteiger partial charge in [-0.05, 0) is 48.9 Å². The van der Waals surface area contributed by atoms with Crippen LogP contribution in [-0.2, 0) is 14.3 Å². The molecule has 0 radical (unpaired) electrons. The van der Waals surface area contributed by atoms with Crippen molar-refractivity contribution in [1.29, 1.82) is 0 Å². The van der Waals surface area contributed by atoms with E-state index in [2.05, 4.69) is 5.32 Å². The topological polar surface area (TPSA) is 75.7 Å². The number of hydrogen-bond donors (Lipinski definition) is 1. The van der Waals surface area contributed by atoms with E-state index in [-0.39, 0.29) is 23.6 Å². The molecule has 0 bridgehead atoms. The first kappa shape index (κ1) is 22.6. The van der Waals surface area contributed by atoms with Crippen LogP contribution in [0, 0.1) is 0 Å². The van der Waals surface area contributed by atoms with Crippen LogP contribution in [-0.4, -0.2) is 30.9 Å². The largest absolute Gasteiger partial charge is 0.462 e. The van der Waals surface area contributed by atoms with Crippen molar-refractivity contribution >= 4 is 40.9 Å². The molecule has 33 heavy (non-hydrogen) atoms. The summed E-state index contributed by atoms with van der Waals surface area (Å²) in [5.74, 6) is -0.827. The molecule has 0 saturated heterocycles. The molecule has 3 aromatic rings. The summed E-state index contributed by atoms with van der Waals surface area (Å²) in [6.45, 7) is 1.94. The number of amides is 2. The SMILES string of the molecule is CCOC(=O)c1ccc(NC(=O)CN2C(=O)CC(c3ccccc3)Sc3ccccc32)cc1. The summed E-state index contributed by atoms with van der Waals surface area (Å²) in [5, 5.41) is 2.79. The predicted octanol–water partition coefficient (Wildman–Crippen LogP) is 5.07. The molecule has 4 rings (SSSR count). The summed E-state index contributed by atoms with van der Waals surface area (Å²) in [4.78, 5) is 40.3. The second kappa shape index (κ2) is 10.4. The minimum atomic E-state index is -0.410. The summed E-state index contributed by atoms with van der Waals surface area (Å²) in [7, 11) is 0. The van der Waals surface area contributed by atoms with Crippen LogP contribution >= 0.6 is 11.8 Å². The van der Waals surface area contributed by atoms with Crippen LogP contribution < -0.4 is 10.2 Å². The molecule has 3 aromatic carbocycles. The second-order valence-electron chi connectivity index (χ2n) is 7.51. The molecule has 0 aliphatic carbocycles. The Labute approximate surface area is 196 Å². The fourth-order valence-corrected chi connectivity index (χ4v) is 4.93. The lowest BCUT2D eigenvalue weighted by atomic mass is 10.1. The molecule has 6 nitrogen and oxygen atoms in total. The Hall–Kier alpha value is -3.58. The lowest BCUT2D eigenvalue weighted by molar-refractivity contribution is -0.121. The molecule has 0 aromatic heterocycles. The van der Waals surface area contributed by atoms with Crippen molar-refractivity contribution < 1.29 is 19.1 Å². The van der Waals surface area contributed by atoms with Gasteiger partial charge in [0.25, 0.3) is 0 Å². The van der Waals surface area contributed by atoms with Crippen molar-refractivity contribution in [3.63, 3.8) is 0 Å². The maximum Gasteiger partial charge on any atom is 0.338 e. The number of hydrogen-bond acceptors (Lipinski definition) is 5. The fraction of sp³-hybridized carbons (Fsp3) is 0.192. The molecule has 168 valence electrons. The number of benzene rings is 3. The van der Waals surface area contributed by atoms with Crippen LogP contribution in [0.3, 0.4) is 0 Å². The van der Waals surface area contributed by atoms with Gasteiger partial charge in [-0.25, -0.2) is 4.79 Å². The van der Waals surface area contributed by atoms with Crippen molar-refractivity contribution in [2.45, 2.75) is 23.5 Å². The van der Waals surface area contributed by atoms with Gasteiger partial charge in [0.05, 0.1) is 17.9 Å². The van der Waals surface area contributed by atoms with Crippen molar-refractivity contribution in [1.82, 2.24) is 0 Å². The Bertz CT molecular complexity index is 1150. The van der Waals surface area contributed by atoms with E-state index in [0.717, 1.165) is 16.1 Å². The smallest absolute Gasteiger partial charge is 0.338 e. The summed E-state index contributed by atoms with van der Waals surface area (Å²) in [6, 6.07) is 24.1. The number of fused-ring (bicyclic) bond motifs is 1. The predicted molar refractivity (Wildman–Crippen MR) is 129 cm³/mol. The minimum Gasteiger partial charge on any atom is -0.462 e. The number of thioether (sulfide) groups is 1. The zero-order valence-corrected chi connectivity index (χ0v) is 19.0. The summed E-state index contributed by atoms with van der Waals surface area (Å²) < 4.78 is 4.97. The second-order valence-corrected chi connectivity index (χ2v) is 8.76. The molecule has 1 unspecified atom stereocenters. The molecule has 1 aliphatic heterocycles. The van der Waals surface area contributed by atoms with Gasteiger partial charge in [-0.2, -0.15) is 0 Å². The van der Waals surface area contributed by atoms with E-state index < -0.39 is 5.97 Å². The average molecular weight is 461 g/mol. The molecule has 2 amide bonds. The van der Waals surface area contributed by atoms with Crippen LogP contribution in [0.4, 0.5) is 11.4 Å². The molecule has 1 aliphatic rings. The quantitative estimate of drug-likeness (QED) is 0.520. The van der Waals surface area contributed by atoms with E-state index in [1.54, 1.807) is 47.9 Å². The summed E-state index contributed by atoms with van der Waals surface area (Å²) in [6.07, 6.45) is 0.297. The van der Waals surface area contributed by atoms with Gasteiger partial charge in [-0.3, -0.25) is 9.59 Å². The average Bonchev–Trinajstić information content (AvgIpc) is 2.97. The molecule has 7 heteroatoms. The first-order chi connectivity index (χ1) is 16.0. The van der Waals surface area contributed by atoms with Gasteiger partial charge in [0.15, 0.2) is 0 Å². The van der Waals surface area contributed by atoms with E-state index in [1.165, 1.54) is 0 Å². The van der Waals surface area contributed by atoms with Gasteiger partial charge in [0.2, 0.25) is 11.8 Å². The molecular weight excluding hydrogens is 436 g/mol. The zero-order valence-electron chi connectivity index (χ0n) is 18.2. The van der Waals surface area contributed by atoms with Crippen LogP contribution in [0.1, 0.15) is 34.5 Å².